The monoisotopic (exact) mass is 646 g/mol. The average Bonchev–Trinajstić information content (AvgIpc) is 2.87. The summed E-state index contributed by atoms with van der Waals surface area (Å²) < 4.78 is 12.5. The third-order valence-electron chi connectivity index (χ3n) is 5.41. The first-order chi connectivity index (χ1) is 18.2. The van der Waals surface area contributed by atoms with Crippen molar-refractivity contribution in [1.29, 1.82) is 0 Å². The van der Waals surface area contributed by atoms with E-state index in [0.717, 1.165) is 10.5 Å². The van der Waals surface area contributed by atoms with Crippen molar-refractivity contribution in [2.24, 2.45) is 0 Å². The largest absolute Gasteiger partial charge is 0.490 e. The molecule has 3 aromatic rings. The molecule has 1 heterocycles. The van der Waals surface area contributed by atoms with Crippen molar-refractivity contribution in [3.63, 3.8) is 0 Å². The van der Waals surface area contributed by atoms with Gasteiger partial charge in [0.1, 0.15) is 12.2 Å². The summed E-state index contributed by atoms with van der Waals surface area (Å²) in [4.78, 5) is 50.2. The number of imide groups is 2. The fraction of sp³-hybridized carbons (Fsp3) is 0.111. The number of nitrogens with one attached hydrogen (secondary N) is 1. The number of carbonyl (C=O) groups excluding carboxylic acids is 3. The quantitative estimate of drug-likeness (QED) is 0.194. The van der Waals surface area contributed by atoms with E-state index in [4.69, 9.17) is 26.2 Å². The third-order valence-corrected chi connectivity index (χ3v) is 6.47. The molecule has 0 radical (unpaired) electrons. The van der Waals surface area contributed by atoms with Gasteiger partial charge < -0.3 is 14.6 Å². The Labute approximate surface area is 236 Å². The lowest BCUT2D eigenvalue weighted by atomic mass is 10.1. The lowest BCUT2D eigenvalue weighted by molar-refractivity contribution is -0.122. The number of carboxylic acids is 1. The number of amides is 4. The fourth-order valence-electron chi connectivity index (χ4n) is 3.62. The minimum absolute atomic E-state index is 0.0122. The summed E-state index contributed by atoms with van der Waals surface area (Å²) in [6.45, 7) is 2.44. The number of hydrogen-bond acceptors (Lipinski definition) is 6. The van der Waals surface area contributed by atoms with Gasteiger partial charge in [0.2, 0.25) is 0 Å². The number of hydrogen-bond donors (Lipinski definition) is 2. The first-order valence-electron chi connectivity index (χ1n) is 11.3. The molecule has 194 valence electrons. The number of rotatable bonds is 8. The third kappa shape index (κ3) is 5.97. The molecule has 38 heavy (non-hydrogen) atoms. The normalized spacial score (nSPS) is 14.4. The molecule has 0 aliphatic carbocycles. The van der Waals surface area contributed by atoms with Crippen LogP contribution in [0.2, 0.25) is 5.02 Å². The Balaban J connectivity index is 1.64. The van der Waals surface area contributed by atoms with Gasteiger partial charge in [-0.25, -0.2) is 14.5 Å². The number of aromatic carboxylic acids is 1. The van der Waals surface area contributed by atoms with Crippen LogP contribution in [0.4, 0.5) is 10.5 Å². The highest BCUT2D eigenvalue weighted by atomic mass is 127. The topological polar surface area (TPSA) is 122 Å². The molecule has 4 rings (SSSR count). The number of benzene rings is 3. The molecule has 3 aromatic carbocycles. The average molecular weight is 647 g/mol. The number of ether oxygens (including phenoxy) is 2. The molecule has 0 saturated carbocycles. The van der Waals surface area contributed by atoms with Crippen molar-refractivity contribution in [2.75, 3.05) is 11.5 Å². The van der Waals surface area contributed by atoms with Gasteiger partial charge in [0.25, 0.3) is 11.8 Å². The van der Waals surface area contributed by atoms with Gasteiger partial charge in [-0.3, -0.25) is 14.9 Å². The van der Waals surface area contributed by atoms with Gasteiger partial charge in [0.15, 0.2) is 11.5 Å². The maximum atomic E-state index is 13.2. The molecule has 0 spiro atoms. The highest BCUT2D eigenvalue weighted by molar-refractivity contribution is 14.1. The zero-order valence-electron chi connectivity index (χ0n) is 19.9. The number of urea groups is 1. The SMILES string of the molecule is CCOc1cc(/C=C2\C(=O)NC(=O)N(c3ccc(C(=O)O)cc3)C2=O)cc(I)c1OCc1ccc(Cl)cc1. The molecule has 1 aliphatic heterocycles. The number of anilines is 1. The van der Waals surface area contributed by atoms with E-state index in [1.165, 1.54) is 30.3 Å². The lowest BCUT2D eigenvalue weighted by Gasteiger charge is -2.26. The van der Waals surface area contributed by atoms with Gasteiger partial charge in [-0.15, -0.1) is 0 Å². The van der Waals surface area contributed by atoms with Crippen LogP contribution in [-0.4, -0.2) is 35.5 Å². The van der Waals surface area contributed by atoms with Crippen LogP contribution in [0.15, 0.2) is 66.2 Å². The first kappa shape index (κ1) is 27.1. The molecule has 4 amide bonds. The van der Waals surface area contributed by atoms with Crippen LogP contribution in [0, 0.1) is 3.57 Å². The van der Waals surface area contributed by atoms with Crippen LogP contribution in [0.1, 0.15) is 28.4 Å². The van der Waals surface area contributed by atoms with Crippen LogP contribution in [-0.2, 0) is 16.2 Å². The van der Waals surface area contributed by atoms with E-state index in [0.29, 0.717) is 32.3 Å². The molecule has 1 fully saturated rings. The summed E-state index contributed by atoms with van der Waals surface area (Å²) in [5.74, 6) is -1.94. The highest BCUT2D eigenvalue weighted by Crippen LogP contribution is 2.36. The Morgan fingerprint density at radius 3 is 2.37 bits per heavy atom. The minimum atomic E-state index is -1.15. The van der Waals surface area contributed by atoms with Crippen LogP contribution < -0.4 is 19.7 Å². The van der Waals surface area contributed by atoms with Crippen LogP contribution >= 0.6 is 34.2 Å². The van der Waals surface area contributed by atoms with E-state index in [1.54, 1.807) is 24.3 Å². The summed E-state index contributed by atoms with van der Waals surface area (Å²) in [5, 5.41) is 11.9. The van der Waals surface area contributed by atoms with Crippen LogP contribution in [0.3, 0.4) is 0 Å². The van der Waals surface area contributed by atoms with Crippen molar-refractivity contribution in [3.05, 3.63) is 91.5 Å². The number of halogens is 2. The molecule has 0 unspecified atom stereocenters. The summed E-state index contributed by atoms with van der Waals surface area (Å²) in [5.41, 5.74) is 1.21. The molecule has 1 aliphatic rings. The molecule has 0 bridgehead atoms. The van der Waals surface area contributed by atoms with Crippen molar-refractivity contribution in [3.8, 4) is 11.5 Å². The smallest absolute Gasteiger partial charge is 0.335 e. The van der Waals surface area contributed by atoms with Crippen molar-refractivity contribution in [2.45, 2.75) is 13.5 Å². The standard InChI is InChI=1S/C27H20ClIN2O7/c1-2-37-22-13-16(12-21(29)23(22)38-14-15-3-7-18(28)8-4-15)11-20-24(32)30-27(36)31(25(20)33)19-9-5-17(6-10-19)26(34)35/h3-13H,2,14H2,1H3,(H,34,35)(H,30,32,36)/b20-11+. The second kappa shape index (κ2) is 11.7. The summed E-state index contributed by atoms with van der Waals surface area (Å²) in [7, 11) is 0. The number of carbonyl (C=O) groups is 4. The summed E-state index contributed by atoms with van der Waals surface area (Å²) in [6.07, 6.45) is 1.36. The second-order valence-electron chi connectivity index (χ2n) is 7.99. The summed E-state index contributed by atoms with van der Waals surface area (Å²) >= 11 is 8.02. The van der Waals surface area contributed by atoms with Gasteiger partial charge in [0, 0.05) is 5.02 Å². The van der Waals surface area contributed by atoms with Crippen molar-refractivity contribution >= 4 is 69.8 Å². The maximum absolute atomic E-state index is 13.2. The van der Waals surface area contributed by atoms with Gasteiger partial charge in [0.05, 0.1) is 21.4 Å². The van der Waals surface area contributed by atoms with E-state index in [-0.39, 0.29) is 23.4 Å². The van der Waals surface area contributed by atoms with E-state index >= 15 is 0 Å². The maximum Gasteiger partial charge on any atom is 0.335 e. The Morgan fingerprint density at radius 1 is 1.05 bits per heavy atom. The lowest BCUT2D eigenvalue weighted by Crippen LogP contribution is -2.54. The van der Waals surface area contributed by atoms with Gasteiger partial charge in [-0.05, 0) is 95.2 Å². The molecule has 0 aromatic heterocycles. The van der Waals surface area contributed by atoms with E-state index in [1.807, 2.05) is 19.1 Å². The predicted molar refractivity (Wildman–Crippen MR) is 149 cm³/mol. The summed E-state index contributed by atoms with van der Waals surface area (Å²) in [6, 6.07) is 14.8. The molecule has 0 atom stereocenters. The Kier molecular flexibility index (Phi) is 8.32. The number of barbiturate groups is 1. The molecular weight excluding hydrogens is 627 g/mol. The molecular formula is C27H20ClIN2O7. The second-order valence-corrected chi connectivity index (χ2v) is 9.59. The molecule has 1 saturated heterocycles. The van der Waals surface area contributed by atoms with Crippen LogP contribution in [0.5, 0.6) is 11.5 Å². The highest BCUT2D eigenvalue weighted by Gasteiger charge is 2.37. The molecule has 9 nitrogen and oxygen atoms in total. The molecule has 11 heteroatoms. The van der Waals surface area contributed by atoms with Gasteiger partial charge in [-0.1, -0.05) is 23.7 Å². The predicted octanol–water partition coefficient (Wildman–Crippen LogP) is 5.29. The minimum Gasteiger partial charge on any atom is -0.490 e. The van der Waals surface area contributed by atoms with E-state index < -0.39 is 23.8 Å². The van der Waals surface area contributed by atoms with Gasteiger partial charge in [-0.2, -0.15) is 0 Å². The Morgan fingerprint density at radius 2 is 1.74 bits per heavy atom. The van der Waals surface area contributed by atoms with E-state index in [2.05, 4.69) is 27.9 Å². The van der Waals surface area contributed by atoms with Crippen LogP contribution in [0.25, 0.3) is 6.08 Å². The Hall–Kier alpha value is -3.90. The first-order valence-corrected chi connectivity index (χ1v) is 12.7. The van der Waals surface area contributed by atoms with Crippen molar-refractivity contribution < 1.29 is 33.8 Å². The van der Waals surface area contributed by atoms with E-state index in [9.17, 15) is 19.2 Å². The molecule has 2 N–H and O–H groups in total. The Bertz CT molecular complexity index is 1450. The zero-order chi connectivity index (χ0) is 27.4. The van der Waals surface area contributed by atoms with Crippen molar-refractivity contribution in [1.82, 2.24) is 5.32 Å². The zero-order valence-corrected chi connectivity index (χ0v) is 22.8. The fourth-order valence-corrected chi connectivity index (χ4v) is 4.53. The van der Waals surface area contributed by atoms with Gasteiger partial charge >= 0.3 is 12.0 Å². The number of nitrogens with zero attached hydrogens (tertiary/aromatic N) is 1. The number of carboxylic acid groups (broad SMARTS) is 1.